The number of unbranched alkanes of at least 4 members (excludes halogenated alkanes) is 19. The van der Waals surface area contributed by atoms with Crippen molar-refractivity contribution in [1.82, 2.24) is 0 Å². The second kappa shape index (κ2) is 44.9. The quantitative estimate of drug-likeness (QED) is 0.0188. The first-order chi connectivity index (χ1) is 45.5. The molecule has 0 saturated heterocycles. The summed E-state index contributed by atoms with van der Waals surface area (Å²) in [7, 11) is 22.0. The van der Waals surface area contributed by atoms with E-state index in [1.165, 1.54) is 163 Å². The minimum Gasteiger partial charge on any atom is -0.422 e. The van der Waals surface area contributed by atoms with Gasteiger partial charge in [0.2, 0.25) is 0 Å². The van der Waals surface area contributed by atoms with E-state index in [0.29, 0.717) is 86.8 Å². The van der Waals surface area contributed by atoms with Gasteiger partial charge in [-0.25, -0.2) is 14.4 Å². The van der Waals surface area contributed by atoms with E-state index in [4.69, 9.17) is 14.2 Å². The lowest BCUT2D eigenvalue weighted by atomic mass is 9.92. The third-order valence-corrected chi connectivity index (χ3v) is 19.7. The second-order valence-electron chi connectivity index (χ2n) is 33.6. The molecule has 4 rings (SSSR count). The number of ether oxygens (including phenoxy) is 3. The van der Waals surface area contributed by atoms with Gasteiger partial charge in [-0.3, -0.25) is 4.79 Å². The number of benzene rings is 4. The van der Waals surface area contributed by atoms with E-state index < -0.39 is 0 Å². The van der Waals surface area contributed by atoms with Crippen LogP contribution in [0.1, 0.15) is 258 Å². The number of carbonyl (C=O) groups is 4. The summed E-state index contributed by atoms with van der Waals surface area (Å²) in [5, 5.41) is 0. The third kappa shape index (κ3) is 38.5. The highest BCUT2D eigenvalue weighted by Gasteiger charge is 2.26. The summed E-state index contributed by atoms with van der Waals surface area (Å²) in [5.41, 5.74) is 10.2. The van der Waals surface area contributed by atoms with Crippen molar-refractivity contribution in [2.24, 2.45) is 0 Å². The van der Waals surface area contributed by atoms with Gasteiger partial charge in [-0.05, 0) is 192 Å². The lowest BCUT2D eigenvalue weighted by Gasteiger charge is -2.30. The maximum atomic E-state index is 13.0. The van der Waals surface area contributed by atoms with Crippen LogP contribution in [0.2, 0.25) is 0 Å². The molecule has 0 spiro atoms. The molecule has 0 aliphatic heterocycles. The summed E-state index contributed by atoms with van der Waals surface area (Å²) < 4.78 is 21.2. The highest BCUT2D eigenvalue weighted by atomic mass is 16.5. The number of likely N-dealkylation sites (N-methyl/N-ethyl adjacent to an activating group) is 4. The first kappa shape index (κ1) is 88.8. The molecule has 0 bridgehead atoms. The van der Waals surface area contributed by atoms with E-state index in [2.05, 4.69) is 149 Å². The molecule has 0 unspecified atom stereocenters. The Morgan fingerprint density at radius 3 is 0.898 bits per heavy atom. The van der Waals surface area contributed by atoms with Gasteiger partial charge in [0.1, 0.15) is 23.8 Å². The number of quaternary nitrogens is 5. The highest BCUT2D eigenvalue weighted by Crippen LogP contribution is 2.28. The Bertz CT molecular complexity index is 2970. The fraction of sp³-hybridized carbons (Fsp3) is 0.674. The van der Waals surface area contributed by atoms with Crippen molar-refractivity contribution in [3.63, 3.8) is 0 Å². The van der Waals surface area contributed by atoms with Gasteiger partial charge < -0.3 is 36.6 Å². The highest BCUT2D eigenvalue weighted by molar-refractivity contribution is 5.82. The Morgan fingerprint density at radius 1 is 0.316 bits per heavy atom. The Labute approximate surface area is 601 Å². The monoisotopic (exact) mass is 1360 g/mol. The van der Waals surface area contributed by atoms with E-state index in [1.807, 2.05) is 70.2 Å². The normalized spacial score (nSPS) is 12.2. The van der Waals surface area contributed by atoms with E-state index in [-0.39, 0.29) is 25.3 Å². The van der Waals surface area contributed by atoms with Crippen LogP contribution in [0, 0.1) is 34.6 Å². The molecule has 12 heteroatoms. The molecule has 98 heavy (non-hydrogen) atoms. The standard InChI is InChI=1S/C46H80N3O4.C39H64N2O3.CH4/c1-38(2)42-29-28-41(5)44(35-42)53-46(51)37-49(10,11)32-24-20-15-13-12-14-18-22-30-47(6,7)31-23-19-16-17-21-25-33-48(8,9)36-45(50)52-43-34-39(3)26-27-40(43)4;1-30(2)34-21-20-33(6)38(27-34)44-39(43)29-41(9,10)24-18-16-14-12-11-13-15-17-23-40(7,8)28-36(42)26-35-25-32(5)19-22-37(35)31(3)4;/h26-29,34-35,38H,12-25,30-33,36-37H2,1-11H3;19-22,25,27,30-31H,11-18,23-24,26,28-29H2,1-10H3;1H4/q+3;+2;. The molecule has 0 atom stereocenters. The van der Waals surface area contributed by atoms with Gasteiger partial charge in [-0.1, -0.05) is 173 Å². The van der Waals surface area contributed by atoms with Gasteiger partial charge in [0.05, 0.1) is 110 Å². The van der Waals surface area contributed by atoms with Crippen molar-refractivity contribution >= 4 is 23.7 Å². The van der Waals surface area contributed by atoms with Crippen molar-refractivity contribution in [2.45, 2.75) is 249 Å². The number of Topliss-reactive ketones (excluding diaryl/α,β-unsaturated/α-hetero) is 1. The molecular formula is C86H148N5O7+5. The summed E-state index contributed by atoms with van der Waals surface area (Å²) in [4.78, 5) is 51.0. The number of esters is 3. The number of ketones is 1. The molecule has 0 amide bonds. The maximum absolute atomic E-state index is 13.0. The zero-order valence-electron chi connectivity index (χ0n) is 66.1. The zero-order valence-corrected chi connectivity index (χ0v) is 66.1. The number of rotatable bonds is 47. The Balaban J connectivity index is 0.000000671. The van der Waals surface area contributed by atoms with Crippen LogP contribution < -0.4 is 14.2 Å². The molecule has 0 aliphatic rings. The van der Waals surface area contributed by atoms with E-state index >= 15 is 0 Å². The smallest absolute Gasteiger partial charge is 0.367 e. The topological polar surface area (TPSA) is 96.0 Å². The minimum absolute atomic E-state index is 0. The number of nitrogens with zero attached hydrogens (tertiary/aromatic N) is 5. The summed E-state index contributed by atoms with van der Waals surface area (Å²) in [6.07, 6.45) is 28.2. The molecule has 554 valence electrons. The average Bonchev–Trinajstić information content (AvgIpc) is 0.862. The molecule has 4 aromatic rings. The first-order valence-electron chi connectivity index (χ1n) is 38.1. The van der Waals surface area contributed by atoms with Crippen molar-refractivity contribution in [1.29, 1.82) is 0 Å². The van der Waals surface area contributed by atoms with Crippen molar-refractivity contribution in [2.75, 3.05) is 136 Å². The molecule has 0 radical (unpaired) electrons. The van der Waals surface area contributed by atoms with Gasteiger partial charge in [0.15, 0.2) is 25.4 Å². The van der Waals surface area contributed by atoms with Crippen molar-refractivity contribution in [3.05, 3.63) is 123 Å². The maximum Gasteiger partial charge on any atom is 0.367 e. The van der Waals surface area contributed by atoms with Crippen LogP contribution in [0.4, 0.5) is 0 Å². The van der Waals surface area contributed by atoms with Gasteiger partial charge in [-0.15, -0.1) is 0 Å². The summed E-state index contributed by atoms with van der Waals surface area (Å²) >= 11 is 0. The van der Waals surface area contributed by atoms with E-state index in [9.17, 15) is 19.2 Å². The average molecular weight is 1360 g/mol. The minimum atomic E-state index is -0.156. The number of hydrogen-bond acceptors (Lipinski definition) is 7. The fourth-order valence-electron chi connectivity index (χ4n) is 13.2. The van der Waals surface area contributed by atoms with Gasteiger partial charge in [0, 0.05) is 6.42 Å². The predicted molar refractivity (Wildman–Crippen MR) is 415 cm³/mol. The summed E-state index contributed by atoms with van der Waals surface area (Å²) in [6, 6.07) is 24.9. The summed E-state index contributed by atoms with van der Waals surface area (Å²) in [5.74, 6) is 3.21. The Morgan fingerprint density at radius 2 is 0.582 bits per heavy atom. The van der Waals surface area contributed by atoms with Crippen molar-refractivity contribution in [3.8, 4) is 17.2 Å². The van der Waals surface area contributed by atoms with Crippen LogP contribution in [0.5, 0.6) is 17.2 Å². The van der Waals surface area contributed by atoms with Crippen LogP contribution in [-0.4, -0.2) is 182 Å². The molecule has 4 aromatic carbocycles. The molecule has 0 heterocycles. The van der Waals surface area contributed by atoms with E-state index in [1.54, 1.807) is 0 Å². The fourth-order valence-corrected chi connectivity index (χ4v) is 13.2. The van der Waals surface area contributed by atoms with Crippen molar-refractivity contribution < 1.29 is 55.8 Å². The van der Waals surface area contributed by atoms with Gasteiger partial charge >= 0.3 is 17.9 Å². The SMILES string of the molecule is C.Cc1ccc(C(C)C)c(CC(=O)C[N+](C)(C)CCCCCCCCCC[N+](C)(C)CC(=O)Oc2cc(C(C)C)ccc2C)c1.Cc1ccc(C)c(OC(=O)C[N+](C)(C)CCCCCCCC[N+](C)(C)CCCCCCCCCC[N+](C)(C)CC(=O)Oc2cc(C(C)C)ccc2C)c1. The van der Waals surface area contributed by atoms with Crippen LogP contribution >= 0.6 is 0 Å². The molecule has 0 N–H and O–H groups in total. The largest absolute Gasteiger partial charge is 0.422 e. The molecule has 12 nitrogen and oxygen atoms in total. The molecule has 0 saturated carbocycles. The molecule has 0 aliphatic carbocycles. The van der Waals surface area contributed by atoms with Crippen LogP contribution in [-0.2, 0) is 25.6 Å². The lowest BCUT2D eigenvalue weighted by Crippen LogP contribution is -2.45. The van der Waals surface area contributed by atoms with E-state index in [0.717, 1.165) is 76.7 Å². The lowest BCUT2D eigenvalue weighted by molar-refractivity contribution is -0.890. The van der Waals surface area contributed by atoms with Gasteiger partial charge in [0.25, 0.3) is 0 Å². The Hall–Kier alpha value is -5.24. The number of hydrogen-bond donors (Lipinski definition) is 0. The predicted octanol–water partition coefficient (Wildman–Crippen LogP) is 19.1. The third-order valence-electron chi connectivity index (χ3n) is 19.7. The number of aryl methyl sites for hydroxylation is 5. The van der Waals surface area contributed by atoms with Crippen LogP contribution in [0.25, 0.3) is 0 Å². The zero-order chi connectivity index (χ0) is 72.4. The van der Waals surface area contributed by atoms with Crippen LogP contribution in [0.15, 0.2) is 72.8 Å². The Kier molecular flexibility index (Phi) is 40.7. The molecule has 0 fully saturated rings. The van der Waals surface area contributed by atoms with Crippen LogP contribution in [0.3, 0.4) is 0 Å². The summed E-state index contributed by atoms with van der Waals surface area (Å²) in [6.45, 7) is 31.5. The van der Waals surface area contributed by atoms with Gasteiger partial charge in [-0.2, -0.15) is 0 Å². The molecule has 0 aromatic heterocycles. The first-order valence-corrected chi connectivity index (χ1v) is 38.1. The number of carbonyl (C=O) groups excluding carboxylic acids is 4. The second-order valence-corrected chi connectivity index (χ2v) is 33.6. The molecular weight excluding hydrogens is 1210 g/mol.